The van der Waals surface area contributed by atoms with Gasteiger partial charge in [0.15, 0.2) is 0 Å². The molecule has 0 amide bonds. The van der Waals surface area contributed by atoms with Gasteiger partial charge in [-0.2, -0.15) is 0 Å². The van der Waals surface area contributed by atoms with Crippen LogP contribution in [0.4, 0.5) is 40.1 Å². The molecule has 3 heterocycles. The summed E-state index contributed by atoms with van der Waals surface area (Å²) in [6.45, 7) is 0.699. The van der Waals surface area contributed by atoms with E-state index in [0.29, 0.717) is 6.67 Å². The van der Waals surface area contributed by atoms with Crippen LogP contribution in [0.2, 0.25) is 0 Å². The number of hydrogen-bond acceptors (Lipinski definition) is 5. The average Bonchev–Trinajstić information content (AvgIpc) is 3.93. The Labute approximate surface area is 376 Å². The summed E-state index contributed by atoms with van der Waals surface area (Å²) in [5, 5.41) is 0. The molecular formula is C56H39N5OTe. The van der Waals surface area contributed by atoms with Gasteiger partial charge in [0.05, 0.1) is 0 Å². The Morgan fingerprint density at radius 3 is 1.71 bits per heavy atom. The summed E-state index contributed by atoms with van der Waals surface area (Å²) in [7, 11) is 0. The maximum atomic E-state index is 6.86. The number of ether oxygens (including phenoxy) is 1. The fraction of sp³-hybridized carbons (Fsp3) is 0.0179. The Bertz CT molecular complexity index is 3240. The zero-order valence-electron chi connectivity index (χ0n) is 34.1. The molecule has 10 aromatic rings. The van der Waals surface area contributed by atoms with Gasteiger partial charge in [0.1, 0.15) is 0 Å². The zero-order valence-corrected chi connectivity index (χ0v) is 36.5. The Morgan fingerprint density at radius 1 is 0.429 bits per heavy atom. The number of imidazole rings is 1. The number of benzene rings is 9. The number of aromatic nitrogens is 2. The molecule has 0 aliphatic carbocycles. The van der Waals surface area contributed by atoms with Crippen molar-refractivity contribution >= 4 is 79.3 Å². The van der Waals surface area contributed by atoms with Crippen molar-refractivity contribution < 1.29 is 4.74 Å². The number of anilines is 7. The van der Waals surface area contributed by atoms with Gasteiger partial charge in [-0.15, -0.1) is 0 Å². The summed E-state index contributed by atoms with van der Waals surface area (Å²) < 4.78 is 11.9. The second kappa shape index (κ2) is 15.7. The number of hydrogen-bond donors (Lipinski definition) is 0. The van der Waals surface area contributed by atoms with Crippen LogP contribution in [-0.2, 0) is 0 Å². The van der Waals surface area contributed by atoms with Crippen LogP contribution in [0.1, 0.15) is 0 Å². The topological polar surface area (TPSA) is 36.8 Å². The molecule has 1 aromatic heterocycles. The molecule has 63 heavy (non-hydrogen) atoms. The van der Waals surface area contributed by atoms with Gasteiger partial charge in [0, 0.05) is 0 Å². The summed E-state index contributed by atoms with van der Waals surface area (Å²) in [5.41, 5.74) is 14.4. The monoisotopic (exact) mass is 927 g/mol. The molecule has 2 aliphatic heterocycles. The molecule has 12 rings (SSSR count). The number of para-hydroxylation sites is 7. The Balaban J connectivity index is 0.992. The van der Waals surface area contributed by atoms with Crippen LogP contribution >= 0.6 is 0 Å². The first kappa shape index (κ1) is 37.2. The molecule has 0 unspecified atom stereocenters. The van der Waals surface area contributed by atoms with E-state index in [1.54, 1.807) is 0 Å². The number of fused-ring (bicyclic) bond motifs is 4. The summed E-state index contributed by atoms with van der Waals surface area (Å²) in [5.74, 6) is 2.37. The van der Waals surface area contributed by atoms with Crippen LogP contribution in [-0.4, -0.2) is 37.1 Å². The van der Waals surface area contributed by atoms with E-state index in [0.717, 1.165) is 79.2 Å². The molecule has 6 nitrogen and oxygen atoms in total. The molecule has 7 heteroatoms. The summed E-state index contributed by atoms with van der Waals surface area (Å²) in [4.78, 5) is 12.6. The molecule has 0 fully saturated rings. The van der Waals surface area contributed by atoms with Gasteiger partial charge >= 0.3 is 342 Å². The first-order chi connectivity index (χ1) is 31.2. The molecule has 0 bridgehead atoms. The quantitative estimate of drug-likeness (QED) is 0.142. The molecule has 0 spiro atoms. The predicted molar refractivity (Wildman–Crippen MR) is 260 cm³/mol. The van der Waals surface area contributed by atoms with Crippen molar-refractivity contribution in [2.45, 2.75) is 0 Å². The van der Waals surface area contributed by atoms with Crippen LogP contribution in [0.5, 0.6) is 11.5 Å². The second-order valence-electron chi connectivity index (χ2n) is 15.6. The van der Waals surface area contributed by atoms with Gasteiger partial charge in [0.25, 0.3) is 0 Å². The molecule has 300 valence electrons. The number of nitrogens with zero attached hydrogens (tertiary/aromatic N) is 5. The van der Waals surface area contributed by atoms with E-state index in [1.807, 2.05) is 6.07 Å². The van der Waals surface area contributed by atoms with Crippen LogP contribution in [0.25, 0.3) is 39.0 Å². The first-order valence-electron chi connectivity index (χ1n) is 21.1. The Morgan fingerprint density at radius 2 is 0.984 bits per heavy atom. The van der Waals surface area contributed by atoms with Crippen molar-refractivity contribution in [3.63, 3.8) is 0 Å². The maximum absolute atomic E-state index is 6.86. The van der Waals surface area contributed by atoms with Crippen molar-refractivity contribution in [2.24, 2.45) is 0 Å². The average molecular weight is 926 g/mol. The van der Waals surface area contributed by atoms with E-state index in [-0.39, 0.29) is 0 Å². The zero-order chi connectivity index (χ0) is 41.7. The molecule has 2 aliphatic rings. The van der Waals surface area contributed by atoms with Gasteiger partial charge in [-0.05, 0) is 12.1 Å². The molecular weight excluding hydrogens is 886 g/mol. The minimum atomic E-state index is -0.734. The Kier molecular flexibility index (Phi) is 9.29. The van der Waals surface area contributed by atoms with E-state index in [9.17, 15) is 0 Å². The van der Waals surface area contributed by atoms with Gasteiger partial charge in [-0.25, -0.2) is 0 Å². The molecule has 0 saturated carbocycles. The van der Waals surface area contributed by atoms with Crippen LogP contribution in [0.3, 0.4) is 0 Å². The Hall–Kier alpha value is -7.56. The van der Waals surface area contributed by atoms with Crippen molar-refractivity contribution in [3.05, 3.63) is 224 Å². The standard InChI is InChI=1S/C56H39N5OTe/c1-4-18-39(19-5-1)45-26-17-27-46(40-20-6-2-7-21-40)55(45)61-48-29-11-10-28-47(48)57-56(61)60-51-32-14-15-33-53(51)63-54-35-34-44(37-52(54)60)62-43-25-16-24-42(36-43)59-38-58(41-22-8-3-9-23-41)49-30-12-13-31-50(49)59/h1-37H,38H2. The van der Waals surface area contributed by atoms with E-state index in [1.165, 1.54) is 18.6 Å². The predicted octanol–water partition coefficient (Wildman–Crippen LogP) is 12.8. The van der Waals surface area contributed by atoms with Crippen molar-refractivity contribution in [2.75, 3.05) is 21.4 Å². The van der Waals surface area contributed by atoms with Gasteiger partial charge in [-0.1, -0.05) is 24.3 Å². The van der Waals surface area contributed by atoms with Crippen LogP contribution in [0.15, 0.2) is 224 Å². The van der Waals surface area contributed by atoms with Gasteiger partial charge < -0.3 is 0 Å². The van der Waals surface area contributed by atoms with E-state index in [2.05, 4.69) is 238 Å². The van der Waals surface area contributed by atoms with Crippen LogP contribution < -0.4 is 26.7 Å². The second-order valence-corrected chi connectivity index (χ2v) is 18.7. The molecule has 0 radical (unpaired) electrons. The molecule has 9 aromatic carbocycles. The van der Waals surface area contributed by atoms with Crippen LogP contribution in [0, 0.1) is 0 Å². The first-order valence-corrected chi connectivity index (χ1v) is 23.5. The third-order valence-corrected chi connectivity index (χ3v) is 15.1. The normalized spacial score (nSPS) is 12.9. The molecule has 0 saturated heterocycles. The SMILES string of the molecule is c1ccc(-c2cccc(-c3ccccc3)c2-n2c(N3c4ccccc4[Te]c4ccc(Oc5cccc(N6CN(c7ccccc7)c7ccccc76)c5)cc43)nc3ccccc32)cc1. The fourth-order valence-corrected chi connectivity index (χ4v) is 12.0. The van der Waals surface area contributed by atoms with E-state index in [4.69, 9.17) is 9.72 Å². The summed E-state index contributed by atoms with van der Waals surface area (Å²) in [6, 6.07) is 79.7. The van der Waals surface area contributed by atoms with Gasteiger partial charge in [0.2, 0.25) is 0 Å². The van der Waals surface area contributed by atoms with Gasteiger partial charge in [-0.3, -0.25) is 0 Å². The molecule has 0 atom stereocenters. The fourth-order valence-electron chi connectivity index (χ4n) is 9.00. The number of rotatable bonds is 8. The third-order valence-electron chi connectivity index (χ3n) is 11.8. The van der Waals surface area contributed by atoms with Crippen molar-refractivity contribution in [1.82, 2.24) is 9.55 Å². The summed E-state index contributed by atoms with van der Waals surface area (Å²) in [6.07, 6.45) is 0. The van der Waals surface area contributed by atoms with Crippen molar-refractivity contribution in [3.8, 4) is 39.4 Å². The third kappa shape index (κ3) is 6.61. The molecule has 0 N–H and O–H groups in total. The van der Waals surface area contributed by atoms with E-state index < -0.39 is 20.9 Å². The van der Waals surface area contributed by atoms with Crippen molar-refractivity contribution in [1.29, 1.82) is 0 Å². The van der Waals surface area contributed by atoms with E-state index >= 15 is 0 Å². The minimum absolute atomic E-state index is 0.699. The summed E-state index contributed by atoms with van der Waals surface area (Å²) >= 11 is -0.734.